The second-order valence-electron chi connectivity index (χ2n) is 5.34. The lowest BCUT2D eigenvalue weighted by atomic mass is 9.87. The maximum atomic E-state index is 12.8. The molecule has 1 fully saturated rings. The van der Waals surface area contributed by atoms with Crippen molar-refractivity contribution in [3.05, 3.63) is 28.2 Å². The molecule has 0 spiro atoms. The van der Waals surface area contributed by atoms with Crippen molar-refractivity contribution in [1.82, 2.24) is 4.90 Å². The SMILES string of the molecule is COc1cc(Br)ccc1C(=O)N1CCCCC1(C)C(=O)O. The number of halogens is 1. The molecule has 0 aliphatic carbocycles. The summed E-state index contributed by atoms with van der Waals surface area (Å²) < 4.78 is 6.04. The van der Waals surface area contributed by atoms with Crippen LogP contribution in [0, 0.1) is 0 Å². The average molecular weight is 356 g/mol. The van der Waals surface area contributed by atoms with E-state index in [0.717, 1.165) is 17.3 Å². The van der Waals surface area contributed by atoms with E-state index >= 15 is 0 Å². The average Bonchev–Trinajstić information content (AvgIpc) is 2.46. The molecule has 0 bridgehead atoms. The molecule has 1 aromatic carbocycles. The predicted molar refractivity (Wildman–Crippen MR) is 81.6 cm³/mol. The molecular formula is C15H18BrNO4. The molecule has 21 heavy (non-hydrogen) atoms. The van der Waals surface area contributed by atoms with Gasteiger partial charge in [0.15, 0.2) is 0 Å². The molecule has 0 radical (unpaired) electrons. The van der Waals surface area contributed by atoms with E-state index in [-0.39, 0.29) is 5.91 Å². The van der Waals surface area contributed by atoms with Gasteiger partial charge in [-0.05, 0) is 44.4 Å². The van der Waals surface area contributed by atoms with Crippen LogP contribution in [0.15, 0.2) is 22.7 Å². The molecule has 0 aromatic heterocycles. The molecule has 6 heteroatoms. The Hall–Kier alpha value is -1.56. The van der Waals surface area contributed by atoms with Gasteiger partial charge in [-0.3, -0.25) is 4.79 Å². The van der Waals surface area contributed by atoms with Crippen molar-refractivity contribution in [2.45, 2.75) is 31.7 Å². The Morgan fingerprint density at radius 2 is 2.10 bits per heavy atom. The summed E-state index contributed by atoms with van der Waals surface area (Å²) in [6, 6.07) is 5.11. The van der Waals surface area contributed by atoms with Gasteiger partial charge >= 0.3 is 5.97 Å². The number of carbonyl (C=O) groups is 2. The van der Waals surface area contributed by atoms with Crippen LogP contribution in [0.3, 0.4) is 0 Å². The minimum Gasteiger partial charge on any atom is -0.496 e. The van der Waals surface area contributed by atoms with Crippen LogP contribution < -0.4 is 4.74 Å². The molecule has 1 aromatic rings. The number of ether oxygens (including phenoxy) is 1. The molecule has 1 aliphatic heterocycles. The Morgan fingerprint density at radius 1 is 1.38 bits per heavy atom. The van der Waals surface area contributed by atoms with Gasteiger partial charge in [0, 0.05) is 11.0 Å². The van der Waals surface area contributed by atoms with E-state index in [0.29, 0.717) is 24.3 Å². The van der Waals surface area contributed by atoms with Crippen LogP contribution in [0.2, 0.25) is 0 Å². The first-order valence-corrected chi connectivity index (χ1v) is 7.58. The highest BCUT2D eigenvalue weighted by atomic mass is 79.9. The summed E-state index contributed by atoms with van der Waals surface area (Å²) in [7, 11) is 1.49. The van der Waals surface area contributed by atoms with E-state index < -0.39 is 11.5 Å². The second kappa shape index (κ2) is 6.05. The molecule has 1 aliphatic rings. The van der Waals surface area contributed by atoms with E-state index in [2.05, 4.69) is 15.9 Å². The zero-order chi connectivity index (χ0) is 15.6. The Morgan fingerprint density at radius 3 is 2.71 bits per heavy atom. The molecule has 114 valence electrons. The van der Waals surface area contributed by atoms with Crippen molar-refractivity contribution in [3.63, 3.8) is 0 Å². The molecule has 1 N–H and O–H groups in total. The van der Waals surface area contributed by atoms with Gasteiger partial charge in [-0.1, -0.05) is 15.9 Å². The normalized spacial score (nSPS) is 22.0. The van der Waals surface area contributed by atoms with Crippen LogP contribution in [0.25, 0.3) is 0 Å². The summed E-state index contributed by atoms with van der Waals surface area (Å²) in [5, 5.41) is 9.50. The largest absolute Gasteiger partial charge is 0.496 e. The predicted octanol–water partition coefficient (Wildman–Crippen LogP) is 2.93. The van der Waals surface area contributed by atoms with Crippen LogP contribution in [-0.4, -0.2) is 41.1 Å². The summed E-state index contributed by atoms with van der Waals surface area (Å²) in [6.07, 6.45) is 2.09. The fraction of sp³-hybridized carbons (Fsp3) is 0.467. The van der Waals surface area contributed by atoms with Gasteiger partial charge in [0.05, 0.1) is 12.7 Å². The van der Waals surface area contributed by atoms with Crippen molar-refractivity contribution in [2.24, 2.45) is 0 Å². The third-order valence-corrected chi connectivity index (χ3v) is 4.48. The topological polar surface area (TPSA) is 66.8 Å². The fourth-order valence-corrected chi connectivity index (χ4v) is 3.00. The molecule has 1 amide bonds. The Balaban J connectivity index is 2.40. The zero-order valence-electron chi connectivity index (χ0n) is 12.1. The lowest BCUT2D eigenvalue weighted by Crippen LogP contribution is -2.57. The molecule has 1 saturated heterocycles. The highest BCUT2D eigenvalue weighted by Crippen LogP contribution is 2.32. The number of aliphatic carboxylic acids is 1. The van der Waals surface area contributed by atoms with Crippen molar-refractivity contribution in [3.8, 4) is 5.75 Å². The van der Waals surface area contributed by atoms with E-state index in [1.807, 2.05) is 0 Å². The number of carbonyl (C=O) groups excluding carboxylic acids is 1. The lowest BCUT2D eigenvalue weighted by molar-refractivity contribution is -0.150. The third kappa shape index (κ3) is 2.90. The summed E-state index contributed by atoms with van der Waals surface area (Å²) >= 11 is 3.33. The van der Waals surface area contributed by atoms with Gasteiger partial charge < -0.3 is 14.7 Å². The standard InChI is InChI=1S/C15H18BrNO4/c1-15(14(19)20)7-3-4-8-17(15)13(18)11-6-5-10(16)9-12(11)21-2/h5-6,9H,3-4,7-8H2,1-2H3,(H,19,20). The highest BCUT2D eigenvalue weighted by Gasteiger charge is 2.44. The Bertz CT molecular complexity index is 575. The first-order chi connectivity index (χ1) is 9.90. The third-order valence-electron chi connectivity index (χ3n) is 3.99. The number of likely N-dealkylation sites (tertiary alicyclic amines) is 1. The number of hydrogen-bond donors (Lipinski definition) is 1. The van der Waals surface area contributed by atoms with Crippen molar-refractivity contribution in [2.75, 3.05) is 13.7 Å². The molecule has 1 atom stereocenters. The summed E-state index contributed by atoms with van der Waals surface area (Å²) in [5.41, 5.74) is -0.775. The lowest BCUT2D eigenvalue weighted by Gasteiger charge is -2.41. The van der Waals surface area contributed by atoms with Crippen LogP contribution in [0.5, 0.6) is 5.75 Å². The number of amides is 1. The molecule has 0 saturated carbocycles. The van der Waals surface area contributed by atoms with Gasteiger partial charge in [0.1, 0.15) is 11.3 Å². The van der Waals surface area contributed by atoms with E-state index in [1.165, 1.54) is 12.0 Å². The Labute approximate surface area is 132 Å². The van der Waals surface area contributed by atoms with Crippen molar-refractivity contribution >= 4 is 27.8 Å². The van der Waals surface area contributed by atoms with Gasteiger partial charge in [-0.15, -0.1) is 0 Å². The van der Waals surface area contributed by atoms with Crippen molar-refractivity contribution in [1.29, 1.82) is 0 Å². The van der Waals surface area contributed by atoms with Crippen LogP contribution in [0.1, 0.15) is 36.5 Å². The molecular weight excluding hydrogens is 338 g/mol. The monoisotopic (exact) mass is 355 g/mol. The molecule has 1 unspecified atom stereocenters. The number of benzene rings is 1. The first kappa shape index (κ1) is 15.8. The molecule has 2 rings (SSSR count). The molecule has 5 nitrogen and oxygen atoms in total. The van der Waals surface area contributed by atoms with E-state index in [1.54, 1.807) is 25.1 Å². The maximum Gasteiger partial charge on any atom is 0.329 e. The van der Waals surface area contributed by atoms with E-state index in [4.69, 9.17) is 4.74 Å². The van der Waals surface area contributed by atoms with Gasteiger partial charge in [-0.25, -0.2) is 4.79 Å². The first-order valence-electron chi connectivity index (χ1n) is 6.79. The van der Waals surface area contributed by atoms with Crippen LogP contribution >= 0.6 is 15.9 Å². The van der Waals surface area contributed by atoms with Crippen LogP contribution in [0.4, 0.5) is 0 Å². The fourth-order valence-electron chi connectivity index (χ4n) is 2.66. The number of carboxylic acid groups (broad SMARTS) is 1. The van der Waals surface area contributed by atoms with Gasteiger partial charge in [0.2, 0.25) is 0 Å². The number of piperidine rings is 1. The summed E-state index contributed by atoms with van der Waals surface area (Å²) in [6.45, 7) is 2.05. The number of nitrogens with zero attached hydrogens (tertiary/aromatic N) is 1. The minimum absolute atomic E-state index is 0.302. The quantitative estimate of drug-likeness (QED) is 0.904. The minimum atomic E-state index is -1.16. The maximum absolute atomic E-state index is 12.8. The number of rotatable bonds is 3. The number of hydrogen-bond acceptors (Lipinski definition) is 3. The number of methoxy groups -OCH3 is 1. The summed E-state index contributed by atoms with van der Waals surface area (Å²) in [5.74, 6) is -0.830. The molecule has 1 heterocycles. The van der Waals surface area contributed by atoms with Gasteiger partial charge in [-0.2, -0.15) is 0 Å². The van der Waals surface area contributed by atoms with E-state index in [9.17, 15) is 14.7 Å². The van der Waals surface area contributed by atoms with Gasteiger partial charge in [0.25, 0.3) is 5.91 Å². The van der Waals surface area contributed by atoms with Crippen LogP contribution in [-0.2, 0) is 4.79 Å². The highest BCUT2D eigenvalue weighted by molar-refractivity contribution is 9.10. The summed E-state index contributed by atoms with van der Waals surface area (Å²) in [4.78, 5) is 25.8. The number of carboxylic acids is 1. The second-order valence-corrected chi connectivity index (χ2v) is 6.25. The smallest absolute Gasteiger partial charge is 0.329 e. The zero-order valence-corrected chi connectivity index (χ0v) is 13.6. The Kier molecular flexibility index (Phi) is 4.56. The van der Waals surface area contributed by atoms with Crippen molar-refractivity contribution < 1.29 is 19.4 Å².